The minimum Gasteiger partial charge on any atom is -0.352 e. The van der Waals surface area contributed by atoms with Crippen molar-refractivity contribution in [3.8, 4) is 22.8 Å². The molecular formula is C21H15ClFN5. The molecule has 7 heteroatoms. The number of para-hydroxylation sites is 1. The van der Waals surface area contributed by atoms with Gasteiger partial charge in [0.15, 0.2) is 5.82 Å². The van der Waals surface area contributed by atoms with E-state index >= 15 is 0 Å². The van der Waals surface area contributed by atoms with Gasteiger partial charge in [-0.05, 0) is 18.2 Å². The number of nitrogens with zero attached hydrogens (tertiary/aromatic N) is 3. The standard InChI is InChI=1S/C21H15ClFN5/c22-14-5-3-6-15(23)19(14)21-26-11-18(28-21)13-9-24-20(25-10-13)17-8-12-4-1-2-7-16(12)27-17/h1-11,14,19,27H,(H,26,28). The van der Waals surface area contributed by atoms with E-state index in [4.69, 9.17) is 11.6 Å². The molecule has 5 nitrogen and oxygen atoms in total. The lowest BCUT2D eigenvalue weighted by Crippen LogP contribution is -2.15. The van der Waals surface area contributed by atoms with E-state index in [1.165, 1.54) is 6.08 Å². The SMILES string of the molecule is FC1=CC=CC(Cl)C1c1ncc(-c2cnc(-c3cc4ccccc4[nH]3)nc2)[nH]1. The van der Waals surface area contributed by atoms with Crippen molar-refractivity contribution >= 4 is 22.5 Å². The molecule has 2 N–H and O–H groups in total. The normalized spacial score (nSPS) is 19.1. The van der Waals surface area contributed by atoms with E-state index in [0.29, 0.717) is 17.3 Å². The molecule has 0 aliphatic heterocycles. The zero-order valence-corrected chi connectivity index (χ0v) is 15.4. The third-order valence-corrected chi connectivity index (χ3v) is 5.19. The molecule has 4 aromatic rings. The Balaban J connectivity index is 1.43. The lowest BCUT2D eigenvalue weighted by atomic mass is 9.98. The van der Waals surface area contributed by atoms with E-state index in [2.05, 4.69) is 24.9 Å². The zero-order chi connectivity index (χ0) is 19.1. The third-order valence-electron chi connectivity index (χ3n) is 4.79. The Morgan fingerprint density at radius 1 is 0.964 bits per heavy atom. The number of rotatable bonds is 3. The molecule has 1 aliphatic rings. The molecule has 1 aromatic carbocycles. The van der Waals surface area contributed by atoms with E-state index in [1.54, 1.807) is 30.7 Å². The molecule has 0 fully saturated rings. The van der Waals surface area contributed by atoms with Gasteiger partial charge in [-0.25, -0.2) is 19.3 Å². The van der Waals surface area contributed by atoms with E-state index in [9.17, 15) is 4.39 Å². The molecule has 0 amide bonds. The number of H-pyrrole nitrogens is 2. The van der Waals surface area contributed by atoms with Gasteiger partial charge < -0.3 is 9.97 Å². The Morgan fingerprint density at radius 3 is 2.57 bits per heavy atom. The highest BCUT2D eigenvalue weighted by Crippen LogP contribution is 2.34. The van der Waals surface area contributed by atoms with Crippen molar-refractivity contribution in [3.63, 3.8) is 0 Å². The lowest BCUT2D eigenvalue weighted by Gasteiger charge is -2.18. The minimum atomic E-state index is -0.619. The maximum Gasteiger partial charge on any atom is 0.175 e. The molecule has 3 aromatic heterocycles. The summed E-state index contributed by atoms with van der Waals surface area (Å²) in [6.07, 6.45) is 9.85. The number of hydrogen-bond acceptors (Lipinski definition) is 3. The van der Waals surface area contributed by atoms with Crippen LogP contribution in [0.25, 0.3) is 33.7 Å². The van der Waals surface area contributed by atoms with Gasteiger partial charge in [0.2, 0.25) is 0 Å². The number of nitrogens with one attached hydrogen (secondary N) is 2. The number of halogens is 2. The van der Waals surface area contributed by atoms with Gasteiger partial charge in [-0.2, -0.15) is 0 Å². The highest BCUT2D eigenvalue weighted by atomic mass is 35.5. The molecule has 0 saturated heterocycles. The maximum atomic E-state index is 14.2. The van der Waals surface area contributed by atoms with Gasteiger partial charge >= 0.3 is 0 Å². The average molecular weight is 392 g/mol. The number of alkyl halides is 1. The number of hydrogen-bond donors (Lipinski definition) is 2. The van der Waals surface area contributed by atoms with Crippen molar-refractivity contribution in [1.82, 2.24) is 24.9 Å². The summed E-state index contributed by atoms with van der Waals surface area (Å²) >= 11 is 6.23. The average Bonchev–Trinajstić information content (AvgIpc) is 3.35. The molecule has 0 radical (unpaired) electrons. The van der Waals surface area contributed by atoms with Crippen LogP contribution in [0.4, 0.5) is 4.39 Å². The second kappa shape index (κ2) is 6.73. The fourth-order valence-electron chi connectivity index (χ4n) is 3.34. The van der Waals surface area contributed by atoms with Gasteiger partial charge in [0, 0.05) is 28.9 Å². The van der Waals surface area contributed by atoms with E-state index in [0.717, 1.165) is 22.2 Å². The van der Waals surface area contributed by atoms with Crippen LogP contribution < -0.4 is 0 Å². The van der Waals surface area contributed by atoms with Crippen LogP contribution in [0.5, 0.6) is 0 Å². The Morgan fingerprint density at radius 2 is 1.79 bits per heavy atom. The summed E-state index contributed by atoms with van der Waals surface area (Å²) in [7, 11) is 0. The van der Waals surface area contributed by atoms with Crippen LogP contribution in [0.1, 0.15) is 11.7 Å². The van der Waals surface area contributed by atoms with Crippen LogP contribution in [0, 0.1) is 0 Å². The molecular weight excluding hydrogens is 377 g/mol. The van der Waals surface area contributed by atoms with Crippen molar-refractivity contribution in [1.29, 1.82) is 0 Å². The van der Waals surface area contributed by atoms with Crippen molar-refractivity contribution in [2.75, 3.05) is 0 Å². The van der Waals surface area contributed by atoms with Crippen molar-refractivity contribution in [2.45, 2.75) is 11.3 Å². The lowest BCUT2D eigenvalue weighted by molar-refractivity contribution is 0.531. The first-order valence-electron chi connectivity index (χ1n) is 8.82. The smallest absolute Gasteiger partial charge is 0.175 e. The van der Waals surface area contributed by atoms with Gasteiger partial charge in [0.1, 0.15) is 11.7 Å². The monoisotopic (exact) mass is 391 g/mol. The first kappa shape index (κ1) is 16.9. The highest BCUT2D eigenvalue weighted by molar-refractivity contribution is 6.22. The zero-order valence-electron chi connectivity index (χ0n) is 14.6. The van der Waals surface area contributed by atoms with Crippen molar-refractivity contribution in [2.24, 2.45) is 0 Å². The summed E-state index contributed by atoms with van der Waals surface area (Å²) in [5.41, 5.74) is 3.37. The molecule has 3 heterocycles. The Kier molecular flexibility index (Phi) is 4.06. The highest BCUT2D eigenvalue weighted by Gasteiger charge is 2.28. The molecule has 5 rings (SSSR count). The molecule has 0 bridgehead atoms. The van der Waals surface area contributed by atoms with Gasteiger partial charge in [-0.3, -0.25) is 0 Å². The second-order valence-corrected chi connectivity index (χ2v) is 7.11. The predicted octanol–water partition coefficient (Wildman–Crippen LogP) is 5.13. The van der Waals surface area contributed by atoms with E-state index in [-0.39, 0.29) is 5.83 Å². The van der Waals surface area contributed by atoms with Crippen LogP contribution in [0.2, 0.25) is 0 Å². The van der Waals surface area contributed by atoms with Crippen LogP contribution in [0.15, 0.2) is 73.0 Å². The summed E-state index contributed by atoms with van der Waals surface area (Å²) in [5, 5.41) is 0.625. The van der Waals surface area contributed by atoms with Crippen LogP contribution in [-0.2, 0) is 0 Å². The second-order valence-electron chi connectivity index (χ2n) is 6.61. The van der Waals surface area contributed by atoms with E-state index < -0.39 is 11.3 Å². The van der Waals surface area contributed by atoms with Crippen LogP contribution in [-0.4, -0.2) is 30.3 Å². The molecule has 2 unspecified atom stereocenters. The van der Waals surface area contributed by atoms with Gasteiger partial charge in [-0.1, -0.05) is 30.4 Å². The number of allylic oxidation sites excluding steroid dienone is 4. The number of benzene rings is 1. The molecule has 0 spiro atoms. The first-order valence-corrected chi connectivity index (χ1v) is 9.26. The summed E-state index contributed by atoms with van der Waals surface area (Å²) in [6.45, 7) is 0. The first-order chi connectivity index (χ1) is 13.7. The Hall–Kier alpha value is -3.25. The van der Waals surface area contributed by atoms with Crippen molar-refractivity contribution < 1.29 is 4.39 Å². The molecule has 2 atom stereocenters. The van der Waals surface area contributed by atoms with E-state index in [1.807, 2.05) is 30.3 Å². The minimum absolute atomic E-state index is 0.311. The Bertz CT molecular complexity index is 1170. The van der Waals surface area contributed by atoms with Gasteiger partial charge in [0.05, 0.1) is 28.9 Å². The summed E-state index contributed by atoms with van der Waals surface area (Å²) in [5.74, 6) is 0.153. The number of aromatic nitrogens is 5. The fourth-order valence-corrected chi connectivity index (χ4v) is 3.67. The summed E-state index contributed by atoms with van der Waals surface area (Å²) in [6, 6.07) is 10.0. The number of imidazole rings is 1. The Labute approximate surface area is 165 Å². The largest absolute Gasteiger partial charge is 0.352 e. The summed E-state index contributed by atoms with van der Waals surface area (Å²) in [4.78, 5) is 19.7. The topological polar surface area (TPSA) is 70.2 Å². The number of aromatic amines is 2. The summed E-state index contributed by atoms with van der Waals surface area (Å²) < 4.78 is 14.2. The molecule has 1 aliphatic carbocycles. The van der Waals surface area contributed by atoms with Gasteiger partial charge in [-0.15, -0.1) is 11.6 Å². The molecule has 0 saturated carbocycles. The van der Waals surface area contributed by atoms with Crippen LogP contribution in [0.3, 0.4) is 0 Å². The molecule has 138 valence electrons. The maximum absolute atomic E-state index is 14.2. The molecule has 28 heavy (non-hydrogen) atoms. The fraction of sp³-hybridized carbons (Fsp3) is 0.0952. The third kappa shape index (κ3) is 2.92. The quantitative estimate of drug-likeness (QED) is 0.475. The number of fused-ring (bicyclic) bond motifs is 1. The van der Waals surface area contributed by atoms with Crippen molar-refractivity contribution in [3.05, 3.63) is 78.8 Å². The van der Waals surface area contributed by atoms with Crippen LogP contribution >= 0.6 is 11.6 Å². The van der Waals surface area contributed by atoms with Gasteiger partial charge in [0.25, 0.3) is 0 Å². The predicted molar refractivity (Wildman–Crippen MR) is 108 cm³/mol.